The van der Waals surface area contributed by atoms with Gasteiger partial charge in [0.25, 0.3) is 0 Å². The maximum absolute atomic E-state index is 11.2. The lowest BCUT2D eigenvalue weighted by molar-refractivity contribution is -0.124. The van der Waals surface area contributed by atoms with E-state index < -0.39 is 6.03 Å². The van der Waals surface area contributed by atoms with Crippen LogP contribution in [0.3, 0.4) is 0 Å². The highest BCUT2D eigenvalue weighted by atomic mass is 16.2. The van der Waals surface area contributed by atoms with E-state index in [1.54, 1.807) is 6.92 Å². The number of rotatable bonds is 3. The zero-order valence-corrected chi connectivity index (χ0v) is 8.33. The molecule has 0 saturated heterocycles. The molecule has 2 N–H and O–H groups in total. The van der Waals surface area contributed by atoms with Gasteiger partial charge in [-0.25, -0.2) is 15.2 Å². The predicted molar refractivity (Wildman–Crippen MR) is 51.4 cm³/mol. The second-order valence-electron chi connectivity index (χ2n) is 3.14. The van der Waals surface area contributed by atoms with E-state index in [4.69, 9.17) is 0 Å². The van der Waals surface area contributed by atoms with Crippen molar-refractivity contribution >= 4 is 17.6 Å². The van der Waals surface area contributed by atoms with Crippen LogP contribution in [-0.4, -0.2) is 29.2 Å². The van der Waals surface area contributed by atoms with Crippen molar-refractivity contribution < 1.29 is 9.59 Å². The van der Waals surface area contributed by atoms with Gasteiger partial charge in [0.1, 0.15) is 0 Å². The van der Waals surface area contributed by atoms with Crippen molar-refractivity contribution in [3.63, 3.8) is 0 Å². The molecular formula is C8H14N4O2. The molecule has 3 amide bonds. The van der Waals surface area contributed by atoms with Gasteiger partial charge in [0.05, 0.1) is 12.3 Å². The summed E-state index contributed by atoms with van der Waals surface area (Å²) >= 11 is 0. The van der Waals surface area contributed by atoms with Crippen LogP contribution in [0.15, 0.2) is 5.10 Å². The lowest BCUT2D eigenvalue weighted by Crippen LogP contribution is -2.54. The van der Waals surface area contributed by atoms with E-state index >= 15 is 0 Å². The summed E-state index contributed by atoms with van der Waals surface area (Å²) in [6.45, 7) is 4.02. The minimum absolute atomic E-state index is 0.155. The third-order valence-corrected chi connectivity index (χ3v) is 1.71. The minimum Gasteiger partial charge on any atom is -0.273 e. The van der Waals surface area contributed by atoms with Crippen molar-refractivity contribution in [2.24, 2.45) is 5.10 Å². The van der Waals surface area contributed by atoms with E-state index in [0.717, 1.165) is 12.1 Å². The number of urea groups is 1. The first-order valence-corrected chi connectivity index (χ1v) is 4.53. The zero-order valence-electron chi connectivity index (χ0n) is 8.33. The third-order valence-electron chi connectivity index (χ3n) is 1.71. The van der Waals surface area contributed by atoms with Crippen molar-refractivity contribution in [3.8, 4) is 0 Å². The lowest BCUT2D eigenvalue weighted by Gasteiger charge is -2.25. The van der Waals surface area contributed by atoms with Gasteiger partial charge >= 0.3 is 6.03 Å². The molecule has 0 aromatic carbocycles. The van der Waals surface area contributed by atoms with E-state index in [2.05, 4.69) is 16.0 Å². The van der Waals surface area contributed by atoms with E-state index in [9.17, 15) is 9.59 Å². The van der Waals surface area contributed by atoms with Crippen LogP contribution in [0.5, 0.6) is 0 Å². The summed E-state index contributed by atoms with van der Waals surface area (Å²) in [5.74, 6) is -0.155. The van der Waals surface area contributed by atoms with Gasteiger partial charge in [-0.05, 0) is 13.3 Å². The molecule has 6 heteroatoms. The fourth-order valence-electron chi connectivity index (χ4n) is 1.06. The predicted octanol–water partition coefficient (Wildman–Crippen LogP) is 0.219. The van der Waals surface area contributed by atoms with Crippen LogP contribution >= 0.6 is 0 Å². The van der Waals surface area contributed by atoms with Gasteiger partial charge in [-0.3, -0.25) is 10.2 Å². The van der Waals surface area contributed by atoms with Gasteiger partial charge in [0, 0.05) is 6.42 Å². The Kier molecular flexibility index (Phi) is 3.44. The number of hydrazone groups is 1. The van der Waals surface area contributed by atoms with E-state index in [1.165, 1.54) is 5.01 Å². The SMILES string of the molecule is CCCC(=O)NN1CC(C)=NNC1=O. The first-order chi connectivity index (χ1) is 6.63. The van der Waals surface area contributed by atoms with Crippen LogP contribution < -0.4 is 10.9 Å². The van der Waals surface area contributed by atoms with Crippen molar-refractivity contribution in [1.82, 2.24) is 15.9 Å². The normalized spacial score (nSPS) is 16.0. The molecule has 1 aliphatic heterocycles. The van der Waals surface area contributed by atoms with Crippen molar-refractivity contribution in [3.05, 3.63) is 0 Å². The average molecular weight is 198 g/mol. The molecule has 78 valence electrons. The van der Waals surface area contributed by atoms with Gasteiger partial charge in [-0.2, -0.15) is 5.10 Å². The third kappa shape index (κ3) is 2.72. The van der Waals surface area contributed by atoms with Crippen molar-refractivity contribution in [1.29, 1.82) is 0 Å². The number of hydrogen-bond donors (Lipinski definition) is 2. The molecule has 0 saturated carbocycles. The molecule has 0 aromatic heterocycles. The molecule has 0 atom stereocenters. The van der Waals surface area contributed by atoms with Crippen LogP contribution in [0.25, 0.3) is 0 Å². The van der Waals surface area contributed by atoms with E-state index in [0.29, 0.717) is 13.0 Å². The Bertz CT molecular complexity index is 275. The monoisotopic (exact) mass is 198 g/mol. The molecule has 0 fully saturated rings. The number of amides is 3. The largest absolute Gasteiger partial charge is 0.356 e. The summed E-state index contributed by atoms with van der Waals surface area (Å²) in [6, 6.07) is -0.403. The van der Waals surface area contributed by atoms with Crippen LogP contribution in [0.2, 0.25) is 0 Å². The number of nitrogens with zero attached hydrogens (tertiary/aromatic N) is 2. The van der Waals surface area contributed by atoms with Crippen LogP contribution in [-0.2, 0) is 4.79 Å². The first kappa shape index (κ1) is 10.5. The molecule has 0 spiro atoms. The van der Waals surface area contributed by atoms with Crippen LogP contribution in [0.4, 0.5) is 4.79 Å². The molecule has 0 bridgehead atoms. The molecule has 0 aromatic rings. The Labute approximate surface area is 82.3 Å². The van der Waals surface area contributed by atoms with Crippen LogP contribution in [0, 0.1) is 0 Å². The standard InChI is InChI=1S/C8H14N4O2/c1-3-4-7(13)11-12-5-6(2)9-10-8(12)14/h3-5H2,1-2H3,(H,10,14)(H,11,13). The van der Waals surface area contributed by atoms with E-state index in [1.807, 2.05) is 6.92 Å². The van der Waals surface area contributed by atoms with E-state index in [-0.39, 0.29) is 5.91 Å². The highest BCUT2D eigenvalue weighted by Gasteiger charge is 2.19. The second kappa shape index (κ2) is 4.59. The van der Waals surface area contributed by atoms with Crippen molar-refractivity contribution in [2.45, 2.75) is 26.7 Å². The molecule has 0 radical (unpaired) electrons. The fourth-order valence-corrected chi connectivity index (χ4v) is 1.06. The lowest BCUT2D eigenvalue weighted by atomic mass is 10.3. The molecule has 1 rings (SSSR count). The number of nitrogens with one attached hydrogen (secondary N) is 2. The fraction of sp³-hybridized carbons (Fsp3) is 0.625. The van der Waals surface area contributed by atoms with Gasteiger partial charge in [-0.1, -0.05) is 6.92 Å². The molecule has 0 unspecified atom stereocenters. The summed E-state index contributed by atoms with van der Waals surface area (Å²) in [7, 11) is 0. The number of hydrogen-bond acceptors (Lipinski definition) is 3. The van der Waals surface area contributed by atoms with Gasteiger partial charge in [0.2, 0.25) is 5.91 Å². The van der Waals surface area contributed by atoms with Gasteiger partial charge < -0.3 is 0 Å². The first-order valence-electron chi connectivity index (χ1n) is 4.53. The molecular weight excluding hydrogens is 184 g/mol. The summed E-state index contributed by atoms with van der Waals surface area (Å²) in [6.07, 6.45) is 1.17. The molecule has 14 heavy (non-hydrogen) atoms. The summed E-state index contributed by atoms with van der Waals surface area (Å²) in [5.41, 5.74) is 5.54. The zero-order chi connectivity index (χ0) is 10.6. The van der Waals surface area contributed by atoms with Gasteiger partial charge in [-0.15, -0.1) is 0 Å². The Morgan fingerprint density at radius 3 is 3.07 bits per heavy atom. The Hall–Kier alpha value is -1.59. The van der Waals surface area contributed by atoms with Crippen LogP contribution in [0.1, 0.15) is 26.7 Å². The van der Waals surface area contributed by atoms with Crippen molar-refractivity contribution in [2.75, 3.05) is 6.54 Å². The highest BCUT2D eigenvalue weighted by Crippen LogP contribution is 1.95. The maximum Gasteiger partial charge on any atom is 0.356 e. The molecule has 1 heterocycles. The Morgan fingerprint density at radius 2 is 2.43 bits per heavy atom. The van der Waals surface area contributed by atoms with Gasteiger partial charge in [0.15, 0.2) is 0 Å². The highest BCUT2D eigenvalue weighted by molar-refractivity contribution is 5.92. The Morgan fingerprint density at radius 1 is 1.71 bits per heavy atom. The Balaban J connectivity index is 2.48. The smallest absolute Gasteiger partial charge is 0.273 e. The molecule has 0 aliphatic carbocycles. The number of carbonyl (C=O) groups excluding carboxylic acids is 2. The topological polar surface area (TPSA) is 73.8 Å². The average Bonchev–Trinajstić information content (AvgIpc) is 2.12. The second-order valence-corrected chi connectivity index (χ2v) is 3.14. The minimum atomic E-state index is -0.403. The summed E-state index contributed by atoms with van der Waals surface area (Å²) in [5, 5.41) is 4.96. The number of carbonyl (C=O) groups is 2. The number of hydrazine groups is 1. The molecule has 6 nitrogen and oxygen atoms in total. The quantitative estimate of drug-likeness (QED) is 0.680. The summed E-state index contributed by atoms with van der Waals surface area (Å²) in [4.78, 5) is 22.4. The summed E-state index contributed by atoms with van der Waals surface area (Å²) < 4.78 is 0. The molecule has 1 aliphatic rings. The maximum atomic E-state index is 11.2.